The summed E-state index contributed by atoms with van der Waals surface area (Å²) in [5.74, 6) is -55.0. The van der Waals surface area contributed by atoms with E-state index < -0.39 is 82.4 Å². The molecular weight excluding hydrogens is 612 g/mol. The zero-order chi connectivity index (χ0) is 31.6. The van der Waals surface area contributed by atoms with Crippen LogP contribution in [0.5, 0.6) is 0 Å². The topological polar surface area (TPSA) is 36.9 Å². The summed E-state index contributed by atoms with van der Waals surface area (Å²) >= 11 is 0. The summed E-state index contributed by atoms with van der Waals surface area (Å²) < 4.78 is 235. The lowest BCUT2D eigenvalue weighted by atomic mass is 9.89. The molecule has 0 bridgehead atoms. The fourth-order valence-electron chi connectivity index (χ4n) is 2.83. The summed E-state index contributed by atoms with van der Waals surface area (Å²) in [6, 6.07) is -0.513. The quantitative estimate of drug-likeness (QED) is 0.0888. The highest BCUT2D eigenvalue weighted by atomic mass is 28.4. The van der Waals surface area contributed by atoms with Crippen LogP contribution in [0.2, 0.25) is 6.04 Å². The zero-order valence-electron chi connectivity index (χ0n) is 20.4. The Morgan fingerprint density at radius 2 is 0.795 bits per heavy atom. The first-order valence-corrected chi connectivity index (χ1v) is 12.7. The Morgan fingerprint density at radius 1 is 0.487 bits per heavy atom. The second-order valence-corrected chi connectivity index (χ2v) is 10.5. The Labute approximate surface area is 212 Å². The highest BCUT2D eigenvalue weighted by molar-refractivity contribution is 6.60. The average molecular weight is 636 g/mol. The van der Waals surface area contributed by atoms with Crippen molar-refractivity contribution in [2.45, 2.75) is 87.7 Å². The third kappa shape index (κ3) is 6.55. The summed E-state index contributed by atoms with van der Waals surface area (Å²) in [6.07, 6.45) is -7.67. The molecule has 0 atom stereocenters. The summed E-state index contributed by atoms with van der Waals surface area (Å²) in [5.41, 5.74) is 0. The lowest BCUT2D eigenvalue weighted by molar-refractivity contribution is -0.472. The van der Waals surface area contributed by atoms with Gasteiger partial charge in [-0.25, -0.2) is 0 Å². The van der Waals surface area contributed by atoms with Crippen molar-refractivity contribution in [3.05, 3.63) is 0 Å². The van der Waals surface area contributed by atoms with Crippen LogP contribution in [0.25, 0.3) is 0 Å². The smallest absolute Gasteiger partial charge is 0.374 e. The second kappa shape index (κ2) is 12.0. The van der Waals surface area contributed by atoms with Crippen LogP contribution in [-0.4, -0.2) is 82.8 Å². The standard InChI is InChI=1S/C18H24F16O4Si/c1-5-36-39(37-6-2,38-7-3)10-8-9-35-18(33,34)17(31,32)16(29,30)15(27,28)14(25,26)13(23,24)12(21,22)11(4,19)20/h5-10H2,1-4H3. The Bertz CT molecular complexity index is 771. The number of halogens is 16. The Hall–Kier alpha value is -1.06. The van der Waals surface area contributed by atoms with Gasteiger partial charge in [-0.2, -0.15) is 70.2 Å². The number of rotatable bonds is 18. The molecule has 0 aromatic rings. The van der Waals surface area contributed by atoms with E-state index in [0.717, 1.165) is 0 Å². The van der Waals surface area contributed by atoms with Crippen molar-refractivity contribution >= 4 is 8.80 Å². The van der Waals surface area contributed by atoms with Crippen LogP contribution in [0.15, 0.2) is 0 Å². The monoisotopic (exact) mass is 636 g/mol. The molecule has 0 spiro atoms. The predicted molar refractivity (Wildman–Crippen MR) is 101 cm³/mol. The van der Waals surface area contributed by atoms with Crippen LogP contribution in [-0.2, 0) is 18.0 Å². The van der Waals surface area contributed by atoms with E-state index in [-0.39, 0.29) is 19.8 Å². The maximum atomic E-state index is 13.9. The highest BCUT2D eigenvalue weighted by Crippen LogP contribution is 2.63. The van der Waals surface area contributed by atoms with Gasteiger partial charge in [0, 0.05) is 32.8 Å². The number of alkyl halides is 16. The van der Waals surface area contributed by atoms with Crippen molar-refractivity contribution in [1.82, 2.24) is 0 Å². The van der Waals surface area contributed by atoms with Gasteiger partial charge >= 0.3 is 56.4 Å². The molecule has 4 nitrogen and oxygen atoms in total. The van der Waals surface area contributed by atoms with Crippen molar-refractivity contribution in [3.63, 3.8) is 0 Å². The van der Waals surface area contributed by atoms with Crippen molar-refractivity contribution < 1.29 is 88.3 Å². The van der Waals surface area contributed by atoms with E-state index in [1.807, 2.05) is 0 Å². The molecule has 0 N–H and O–H groups in total. The van der Waals surface area contributed by atoms with E-state index in [1.165, 1.54) is 20.8 Å². The van der Waals surface area contributed by atoms with Gasteiger partial charge in [0.25, 0.3) is 0 Å². The molecule has 21 heteroatoms. The van der Waals surface area contributed by atoms with Gasteiger partial charge in [0.15, 0.2) is 0 Å². The molecule has 0 heterocycles. The normalized spacial score (nSPS) is 15.7. The van der Waals surface area contributed by atoms with Crippen molar-refractivity contribution in [2.24, 2.45) is 0 Å². The zero-order valence-corrected chi connectivity index (χ0v) is 21.4. The van der Waals surface area contributed by atoms with Crippen LogP contribution in [0.4, 0.5) is 70.2 Å². The molecule has 0 amide bonds. The van der Waals surface area contributed by atoms with E-state index in [0.29, 0.717) is 0 Å². The van der Waals surface area contributed by atoms with Crippen molar-refractivity contribution in [2.75, 3.05) is 26.4 Å². The first kappa shape index (κ1) is 37.9. The van der Waals surface area contributed by atoms with Crippen LogP contribution in [0.1, 0.15) is 34.1 Å². The van der Waals surface area contributed by atoms with Crippen LogP contribution < -0.4 is 0 Å². The lowest BCUT2D eigenvalue weighted by Gasteiger charge is -2.43. The summed E-state index contributed by atoms with van der Waals surface area (Å²) in [7, 11) is -3.68. The summed E-state index contributed by atoms with van der Waals surface area (Å²) in [4.78, 5) is 0. The Kier molecular flexibility index (Phi) is 11.7. The molecule has 236 valence electrons. The van der Waals surface area contributed by atoms with Gasteiger partial charge in [-0.3, -0.25) is 0 Å². The van der Waals surface area contributed by atoms with Gasteiger partial charge in [-0.05, 0) is 27.2 Å². The first-order chi connectivity index (χ1) is 17.1. The number of hydrogen-bond donors (Lipinski definition) is 0. The van der Waals surface area contributed by atoms with E-state index in [4.69, 9.17) is 13.3 Å². The minimum absolute atomic E-state index is 0.0789. The largest absolute Gasteiger partial charge is 0.501 e. The molecule has 0 aromatic carbocycles. The molecule has 0 unspecified atom stereocenters. The van der Waals surface area contributed by atoms with Gasteiger partial charge in [0.2, 0.25) is 0 Å². The number of ether oxygens (including phenoxy) is 1. The van der Waals surface area contributed by atoms with Gasteiger partial charge in [0.05, 0.1) is 6.61 Å². The molecule has 0 aliphatic rings. The molecule has 0 aliphatic heterocycles. The molecule has 0 saturated carbocycles. The fourth-order valence-corrected chi connectivity index (χ4v) is 5.41. The van der Waals surface area contributed by atoms with E-state index in [2.05, 4.69) is 4.74 Å². The molecule has 0 aliphatic carbocycles. The molecule has 39 heavy (non-hydrogen) atoms. The molecule has 0 aromatic heterocycles. The van der Waals surface area contributed by atoms with Gasteiger partial charge in [-0.1, -0.05) is 0 Å². The molecule has 0 fully saturated rings. The Balaban J connectivity index is 6.13. The van der Waals surface area contributed by atoms with Crippen molar-refractivity contribution in [1.29, 1.82) is 0 Å². The van der Waals surface area contributed by atoms with Gasteiger partial charge in [0.1, 0.15) is 0 Å². The Morgan fingerprint density at radius 3 is 1.10 bits per heavy atom. The SMILES string of the molecule is CCO[Si](CCCOC(F)(F)C(F)(F)C(F)(F)C(F)(F)C(F)(F)C(F)(F)C(F)(F)C(C)(F)F)(OCC)OCC. The molecule has 0 radical (unpaired) electrons. The van der Waals surface area contributed by atoms with Gasteiger partial charge in [-0.15, -0.1) is 0 Å². The number of hydrogen-bond acceptors (Lipinski definition) is 4. The van der Waals surface area contributed by atoms with E-state index in [9.17, 15) is 70.2 Å². The minimum Gasteiger partial charge on any atom is -0.374 e. The third-order valence-corrected chi connectivity index (χ3v) is 8.04. The minimum atomic E-state index is -8.48. The fraction of sp³-hybridized carbons (Fsp3) is 1.00. The average Bonchev–Trinajstić information content (AvgIpc) is 2.75. The first-order valence-electron chi connectivity index (χ1n) is 10.7. The van der Waals surface area contributed by atoms with Crippen LogP contribution in [0, 0.1) is 0 Å². The molecule has 0 saturated heterocycles. The van der Waals surface area contributed by atoms with Crippen LogP contribution >= 0.6 is 0 Å². The molecule has 0 rings (SSSR count). The maximum absolute atomic E-state index is 13.9. The predicted octanol–water partition coefficient (Wildman–Crippen LogP) is 7.50. The second-order valence-electron chi connectivity index (χ2n) is 7.79. The summed E-state index contributed by atoms with van der Waals surface area (Å²) in [6.45, 7) is 1.15. The highest BCUT2D eigenvalue weighted by Gasteiger charge is 2.94. The lowest BCUT2D eigenvalue weighted by Crippen LogP contribution is -2.74. The molecular formula is C18H24F16O4Si. The van der Waals surface area contributed by atoms with Crippen molar-refractivity contribution in [3.8, 4) is 0 Å². The summed E-state index contributed by atoms with van der Waals surface area (Å²) in [5, 5.41) is 0. The van der Waals surface area contributed by atoms with E-state index in [1.54, 1.807) is 0 Å². The van der Waals surface area contributed by atoms with E-state index >= 15 is 0 Å². The van der Waals surface area contributed by atoms with Gasteiger partial charge < -0.3 is 18.0 Å². The maximum Gasteiger partial charge on any atom is 0.501 e. The van der Waals surface area contributed by atoms with Crippen LogP contribution in [0.3, 0.4) is 0 Å². The third-order valence-electron chi connectivity index (χ3n) is 4.89.